The van der Waals surface area contributed by atoms with E-state index in [-0.39, 0.29) is 18.8 Å². The molecule has 3 aromatic carbocycles. The van der Waals surface area contributed by atoms with Gasteiger partial charge in [0.15, 0.2) is 0 Å². The van der Waals surface area contributed by atoms with Crippen molar-refractivity contribution in [2.75, 3.05) is 12.3 Å². The van der Waals surface area contributed by atoms with E-state index >= 15 is 0 Å². The maximum atomic E-state index is 14.4. The van der Waals surface area contributed by atoms with Crippen molar-refractivity contribution in [3.05, 3.63) is 90.5 Å². The van der Waals surface area contributed by atoms with Crippen molar-refractivity contribution in [3.63, 3.8) is 0 Å². The van der Waals surface area contributed by atoms with Crippen molar-refractivity contribution in [1.29, 1.82) is 0 Å². The number of rotatable bonds is 7. The molecular formula is C25H22F3NO2S. The maximum Gasteiger partial charge on any atom is 0.408 e. The van der Waals surface area contributed by atoms with Crippen LogP contribution in [0.3, 0.4) is 0 Å². The Bertz CT molecular complexity index is 1060. The summed E-state index contributed by atoms with van der Waals surface area (Å²) < 4.78 is 43.2. The summed E-state index contributed by atoms with van der Waals surface area (Å²) in [4.78, 5) is 13.6. The van der Waals surface area contributed by atoms with Gasteiger partial charge in [-0.25, -0.2) is 0 Å². The predicted molar refractivity (Wildman–Crippen MR) is 119 cm³/mol. The Morgan fingerprint density at radius 1 is 0.938 bits per heavy atom. The summed E-state index contributed by atoms with van der Waals surface area (Å²) in [7, 11) is 0. The second-order valence-corrected chi connectivity index (χ2v) is 8.91. The lowest BCUT2D eigenvalue weighted by molar-refractivity contribution is -0.283. The highest BCUT2D eigenvalue weighted by Crippen LogP contribution is 2.51. The van der Waals surface area contributed by atoms with Crippen molar-refractivity contribution < 1.29 is 23.1 Å². The zero-order valence-corrected chi connectivity index (χ0v) is 17.9. The molecule has 166 valence electrons. The molecule has 3 aromatic rings. The SMILES string of the molecule is O=C(O)C1CN(Cc2ccccc2)C1(CSc1ccc(-c2ccccc2)cc1)C(F)(F)F. The van der Waals surface area contributed by atoms with Crippen LogP contribution in [0.5, 0.6) is 0 Å². The van der Waals surface area contributed by atoms with Gasteiger partial charge in [0, 0.05) is 23.7 Å². The molecule has 2 atom stereocenters. The molecule has 2 unspecified atom stereocenters. The first-order valence-corrected chi connectivity index (χ1v) is 11.2. The Kier molecular flexibility index (Phi) is 6.31. The van der Waals surface area contributed by atoms with Crippen LogP contribution in [0.2, 0.25) is 0 Å². The molecule has 32 heavy (non-hydrogen) atoms. The second-order valence-electron chi connectivity index (χ2n) is 7.86. The van der Waals surface area contributed by atoms with Gasteiger partial charge in [-0.3, -0.25) is 9.69 Å². The molecule has 3 nitrogen and oxygen atoms in total. The number of benzene rings is 3. The van der Waals surface area contributed by atoms with E-state index in [0.717, 1.165) is 28.5 Å². The van der Waals surface area contributed by atoms with Crippen LogP contribution in [0.1, 0.15) is 5.56 Å². The van der Waals surface area contributed by atoms with E-state index in [4.69, 9.17) is 0 Å². The normalized spacial score (nSPS) is 21.2. The molecule has 0 radical (unpaired) electrons. The summed E-state index contributed by atoms with van der Waals surface area (Å²) in [5, 5.41) is 9.54. The number of aliphatic carboxylic acids is 1. The fraction of sp³-hybridized carbons (Fsp3) is 0.240. The van der Waals surface area contributed by atoms with E-state index in [1.165, 1.54) is 4.90 Å². The first-order chi connectivity index (χ1) is 15.3. The maximum absolute atomic E-state index is 14.4. The van der Waals surface area contributed by atoms with Crippen molar-refractivity contribution in [3.8, 4) is 11.1 Å². The van der Waals surface area contributed by atoms with Crippen LogP contribution in [0.4, 0.5) is 13.2 Å². The highest BCUT2D eigenvalue weighted by atomic mass is 32.2. The average molecular weight is 458 g/mol. The molecule has 4 rings (SSSR count). The highest BCUT2D eigenvalue weighted by Gasteiger charge is 2.71. The van der Waals surface area contributed by atoms with Gasteiger partial charge in [-0.05, 0) is 28.8 Å². The smallest absolute Gasteiger partial charge is 0.408 e. The number of nitrogens with zero attached hydrogens (tertiary/aromatic N) is 1. The number of hydrogen-bond acceptors (Lipinski definition) is 3. The largest absolute Gasteiger partial charge is 0.481 e. The van der Waals surface area contributed by atoms with Gasteiger partial charge in [0.1, 0.15) is 5.54 Å². The van der Waals surface area contributed by atoms with E-state index in [2.05, 4.69) is 0 Å². The first-order valence-electron chi connectivity index (χ1n) is 10.2. The monoisotopic (exact) mass is 457 g/mol. The lowest BCUT2D eigenvalue weighted by Crippen LogP contribution is -2.76. The van der Waals surface area contributed by atoms with Crippen LogP contribution in [0, 0.1) is 5.92 Å². The van der Waals surface area contributed by atoms with Crippen LogP contribution in [-0.2, 0) is 11.3 Å². The number of halogens is 3. The summed E-state index contributed by atoms with van der Waals surface area (Å²) >= 11 is 1.04. The van der Waals surface area contributed by atoms with Gasteiger partial charge in [-0.1, -0.05) is 72.8 Å². The number of thioether (sulfide) groups is 1. The number of likely N-dealkylation sites (tertiary alicyclic amines) is 1. The summed E-state index contributed by atoms with van der Waals surface area (Å²) in [6, 6.07) is 25.9. The van der Waals surface area contributed by atoms with Crippen LogP contribution in [0.15, 0.2) is 89.8 Å². The zero-order valence-electron chi connectivity index (χ0n) is 17.1. The van der Waals surface area contributed by atoms with Gasteiger partial charge in [-0.15, -0.1) is 11.8 Å². The van der Waals surface area contributed by atoms with Gasteiger partial charge < -0.3 is 5.11 Å². The van der Waals surface area contributed by atoms with Gasteiger partial charge in [0.05, 0.1) is 5.92 Å². The van der Waals surface area contributed by atoms with E-state index in [1.807, 2.05) is 42.5 Å². The number of carboxylic acids is 1. The predicted octanol–water partition coefficient (Wildman–Crippen LogP) is 5.96. The molecule has 0 aromatic heterocycles. The van der Waals surface area contributed by atoms with Gasteiger partial charge in [-0.2, -0.15) is 13.2 Å². The fourth-order valence-electron chi connectivity index (χ4n) is 4.15. The van der Waals surface area contributed by atoms with Crippen LogP contribution in [-0.4, -0.2) is 40.0 Å². The Morgan fingerprint density at radius 2 is 1.50 bits per heavy atom. The minimum absolute atomic E-state index is 0.0532. The molecule has 0 amide bonds. The van der Waals surface area contributed by atoms with Crippen molar-refractivity contribution in [2.45, 2.75) is 23.2 Å². The van der Waals surface area contributed by atoms with Crippen molar-refractivity contribution in [1.82, 2.24) is 4.90 Å². The Balaban J connectivity index is 1.56. The summed E-state index contributed by atoms with van der Waals surface area (Å²) in [5.41, 5.74) is 0.299. The van der Waals surface area contributed by atoms with E-state index < -0.39 is 23.6 Å². The topological polar surface area (TPSA) is 40.5 Å². The molecule has 1 N–H and O–H groups in total. The number of hydrogen-bond donors (Lipinski definition) is 1. The van der Waals surface area contributed by atoms with Gasteiger partial charge in [0.25, 0.3) is 0 Å². The molecular weight excluding hydrogens is 435 g/mol. The Labute approximate surface area is 188 Å². The zero-order chi connectivity index (χ0) is 22.8. The van der Waals surface area contributed by atoms with E-state index in [9.17, 15) is 23.1 Å². The van der Waals surface area contributed by atoms with Crippen LogP contribution < -0.4 is 0 Å². The van der Waals surface area contributed by atoms with E-state index in [0.29, 0.717) is 4.90 Å². The molecule has 1 fully saturated rings. The highest BCUT2D eigenvalue weighted by molar-refractivity contribution is 7.99. The Hall–Kier alpha value is -2.77. The summed E-state index contributed by atoms with van der Waals surface area (Å²) in [6.45, 7) is -0.0745. The number of alkyl halides is 3. The van der Waals surface area contributed by atoms with Crippen LogP contribution in [0.25, 0.3) is 11.1 Å². The third kappa shape index (κ3) is 4.27. The van der Waals surface area contributed by atoms with Gasteiger partial charge >= 0.3 is 12.1 Å². The molecule has 7 heteroatoms. The van der Waals surface area contributed by atoms with Crippen LogP contribution >= 0.6 is 11.8 Å². The first kappa shape index (κ1) is 22.4. The number of carbonyl (C=O) groups is 1. The molecule has 0 saturated carbocycles. The quantitative estimate of drug-likeness (QED) is 0.444. The van der Waals surface area contributed by atoms with Crippen molar-refractivity contribution >= 4 is 17.7 Å². The molecule has 0 aliphatic carbocycles. The molecule has 1 saturated heterocycles. The fourth-order valence-corrected chi connectivity index (χ4v) is 5.41. The second kappa shape index (κ2) is 9.00. The third-order valence-electron chi connectivity index (χ3n) is 5.97. The molecule has 0 bridgehead atoms. The lowest BCUT2D eigenvalue weighted by Gasteiger charge is -2.57. The van der Waals surface area contributed by atoms with Gasteiger partial charge in [0.2, 0.25) is 0 Å². The van der Waals surface area contributed by atoms with Crippen molar-refractivity contribution in [2.24, 2.45) is 5.92 Å². The average Bonchev–Trinajstić information content (AvgIpc) is 2.77. The minimum Gasteiger partial charge on any atom is -0.481 e. The molecule has 1 aliphatic heterocycles. The summed E-state index contributed by atoms with van der Waals surface area (Å²) in [6.07, 6.45) is -4.68. The van der Waals surface area contributed by atoms with E-state index in [1.54, 1.807) is 42.5 Å². The molecule has 0 spiro atoms. The summed E-state index contributed by atoms with van der Waals surface area (Å²) in [5.74, 6) is -3.29. The Morgan fingerprint density at radius 3 is 2.06 bits per heavy atom. The minimum atomic E-state index is -4.68. The standard InChI is InChI=1S/C25H22F3NO2S/c26-25(27,28)24(22(23(30)31)16-29(24)15-18-7-3-1-4-8-18)17-32-21-13-11-20(12-14-21)19-9-5-2-6-10-19/h1-14,22H,15-17H2,(H,30,31). The number of carboxylic acid groups (broad SMARTS) is 1. The lowest BCUT2D eigenvalue weighted by atomic mass is 9.74. The molecule has 1 heterocycles. The molecule has 1 aliphatic rings. The third-order valence-corrected chi connectivity index (χ3v) is 7.16.